The topological polar surface area (TPSA) is 38.7 Å². The van der Waals surface area contributed by atoms with Crippen LogP contribution in [0.3, 0.4) is 0 Å². The van der Waals surface area contributed by atoms with Gasteiger partial charge >= 0.3 is 0 Å². The third-order valence-corrected chi connectivity index (χ3v) is 3.37. The number of phenolic OH excluding ortho intramolecular Hbond substituents is 1. The van der Waals surface area contributed by atoms with Gasteiger partial charge in [0.1, 0.15) is 17.2 Å². The Morgan fingerprint density at radius 3 is 1.78 bits per heavy atom. The average Bonchev–Trinajstić information content (AvgIpc) is 2.50. The maximum absolute atomic E-state index is 10.1. The number of hydrogen-bond donors (Lipinski definition) is 1. The summed E-state index contributed by atoms with van der Waals surface area (Å²) in [5, 5.41) is 10.1. The molecule has 3 nitrogen and oxygen atoms in total. The van der Waals surface area contributed by atoms with Gasteiger partial charge < -0.3 is 14.6 Å². The number of hydrogen-bond acceptors (Lipinski definition) is 3. The maximum Gasteiger partial charge on any atom is 0.169 e. The molecule has 0 spiro atoms. The Hall–Kier alpha value is -2.94. The molecule has 0 heterocycles. The molecule has 0 saturated heterocycles. The largest absolute Gasteiger partial charge is 0.504 e. The van der Waals surface area contributed by atoms with Crippen molar-refractivity contribution in [3.63, 3.8) is 0 Å². The first-order valence-corrected chi connectivity index (χ1v) is 7.42. The lowest BCUT2D eigenvalue weighted by Crippen LogP contribution is -1.88. The van der Waals surface area contributed by atoms with Crippen molar-refractivity contribution < 1.29 is 14.6 Å². The maximum atomic E-state index is 10.1. The number of ether oxygens (including phenoxy) is 2. The summed E-state index contributed by atoms with van der Waals surface area (Å²) in [6, 6.07) is 20.4. The van der Waals surface area contributed by atoms with Crippen LogP contribution >= 0.6 is 0 Å². The van der Waals surface area contributed by atoms with E-state index in [0.717, 1.165) is 16.9 Å². The van der Waals surface area contributed by atoms with E-state index in [1.165, 1.54) is 0 Å². The standard InChI is InChI=1S/C20H18O3/c1-14-5-3-7-16(11-14)22-18-9-10-20(19(21)13-18)23-17-8-4-6-15(2)12-17/h3-13,21H,1-2H3. The van der Waals surface area contributed by atoms with Crippen molar-refractivity contribution in [3.05, 3.63) is 77.9 Å². The zero-order chi connectivity index (χ0) is 16.2. The molecule has 116 valence electrons. The fourth-order valence-electron chi connectivity index (χ4n) is 2.27. The first kappa shape index (κ1) is 15.0. The molecular formula is C20H18O3. The van der Waals surface area contributed by atoms with E-state index in [1.807, 2.05) is 62.4 Å². The summed E-state index contributed by atoms with van der Waals surface area (Å²) in [7, 11) is 0. The van der Waals surface area contributed by atoms with Crippen LogP contribution in [0.25, 0.3) is 0 Å². The van der Waals surface area contributed by atoms with Gasteiger partial charge in [-0.2, -0.15) is 0 Å². The number of phenols is 1. The van der Waals surface area contributed by atoms with Gasteiger partial charge in [-0.3, -0.25) is 0 Å². The van der Waals surface area contributed by atoms with Gasteiger partial charge in [-0.1, -0.05) is 24.3 Å². The SMILES string of the molecule is Cc1cccc(Oc2ccc(Oc3cccc(C)c3)c(O)c2)c1. The Morgan fingerprint density at radius 1 is 0.652 bits per heavy atom. The fourth-order valence-corrected chi connectivity index (χ4v) is 2.27. The van der Waals surface area contributed by atoms with E-state index in [9.17, 15) is 5.11 Å². The molecule has 0 fully saturated rings. The predicted octanol–water partition coefficient (Wildman–Crippen LogP) is 5.59. The molecule has 0 bridgehead atoms. The van der Waals surface area contributed by atoms with Gasteiger partial charge in [0.15, 0.2) is 11.5 Å². The second kappa shape index (κ2) is 6.44. The minimum Gasteiger partial charge on any atom is -0.504 e. The van der Waals surface area contributed by atoms with Gasteiger partial charge in [0.2, 0.25) is 0 Å². The molecule has 0 radical (unpaired) electrons. The average molecular weight is 306 g/mol. The molecule has 0 aliphatic rings. The summed E-state index contributed by atoms with van der Waals surface area (Å²) in [5.41, 5.74) is 2.22. The van der Waals surface area contributed by atoms with Crippen LogP contribution in [-0.2, 0) is 0 Å². The minimum absolute atomic E-state index is 0.0386. The summed E-state index contributed by atoms with van der Waals surface area (Å²) in [6.45, 7) is 3.99. The lowest BCUT2D eigenvalue weighted by atomic mass is 10.2. The summed E-state index contributed by atoms with van der Waals surface area (Å²) < 4.78 is 11.5. The Kier molecular flexibility index (Phi) is 4.20. The van der Waals surface area contributed by atoms with E-state index in [2.05, 4.69) is 0 Å². The summed E-state index contributed by atoms with van der Waals surface area (Å²) in [5.74, 6) is 2.41. The van der Waals surface area contributed by atoms with Gasteiger partial charge in [0.05, 0.1) is 0 Å². The van der Waals surface area contributed by atoms with Crippen molar-refractivity contribution in [2.75, 3.05) is 0 Å². The Morgan fingerprint density at radius 2 is 1.22 bits per heavy atom. The van der Waals surface area contributed by atoms with E-state index in [-0.39, 0.29) is 5.75 Å². The number of aryl methyl sites for hydroxylation is 2. The molecule has 0 saturated carbocycles. The molecule has 3 heteroatoms. The summed E-state index contributed by atoms with van der Waals surface area (Å²) in [4.78, 5) is 0. The molecule has 3 aromatic carbocycles. The molecule has 0 aliphatic heterocycles. The van der Waals surface area contributed by atoms with E-state index >= 15 is 0 Å². The summed E-state index contributed by atoms with van der Waals surface area (Å²) >= 11 is 0. The summed E-state index contributed by atoms with van der Waals surface area (Å²) in [6.07, 6.45) is 0. The Labute approximate surface area is 135 Å². The van der Waals surface area contributed by atoms with Crippen molar-refractivity contribution in [3.8, 4) is 28.7 Å². The first-order valence-electron chi connectivity index (χ1n) is 7.42. The van der Waals surface area contributed by atoms with Crippen molar-refractivity contribution in [2.45, 2.75) is 13.8 Å². The van der Waals surface area contributed by atoms with E-state index < -0.39 is 0 Å². The van der Waals surface area contributed by atoms with Crippen molar-refractivity contribution in [1.82, 2.24) is 0 Å². The number of aromatic hydroxyl groups is 1. The van der Waals surface area contributed by atoms with Gasteiger partial charge in [-0.05, 0) is 61.4 Å². The molecule has 0 aromatic heterocycles. The van der Waals surface area contributed by atoms with E-state index in [1.54, 1.807) is 18.2 Å². The van der Waals surface area contributed by atoms with Gasteiger partial charge in [-0.15, -0.1) is 0 Å². The van der Waals surface area contributed by atoms with Crippen LogP contribution in [0.5, 0.6) is 28.7 Å². The smallest absolute Gasteiger partial charge is 0.169 e. The first-order chi connectivity index (χ1) is 11.1. The normalized spacial score (nSPS) is 10.3. The second-order valence-corrected chi connectivity index (χ2v) is 5.47. The van der Waals surface area contributed by atoms with Crippen molar-refractivity contribution >= 4 is 0 Å². The molecule has 0 unspecified atom stereocenters. The second-order valence-electron chi connectivity index (χ2n) is 5.47. The highest BCUT2D eigenvalue weighted by molar-refractivity contribution is 5.48. The van der Waals surface area contributed by atoms with E-state index in [0.29, 0.717) is 17.2 Å². The number of rotatable bonds is 4. The van der Waals surface area contributed by atoms with Gasteiger partial charge in [-0.25, -0.2) is 0 Å². The monoisotopic (exact) mass is 306 g/mol. The highest BCUT2D eigenvalue weighted by Crippen LogP contribution is 2.35. The quantitative estimate of drug-likeness (QED) is 0.682. The number of benzene rings is 3. The van der Waals surface area contributed by atoms with Gasteiger partial charge in [0, 0.05) is 6.07 Å². The molecule has 3 aromatic rings. The Bertz CT molecular complexity index is 825. The zero-order valence-electron chi connectivity index (χ0n) is 13.1. The molecule has 0 amide bonds. The third-order valence-electron chi connectivity index (χ3n) is 3.37. The predicted molar refractivity (Wildman–Crippen MR) is 90.6 cm³/mol. The van der Waals surface area contributed by atoms with Crippen LogP contribution in [0.4, 0.5) is 0 Å². The van der Waals surface area contributed by atoms with Gasteiger partial charge in [0.25, 0.3) is 0 Å². The van der Waals surface area contributed by atoms with Crippen LogP contribution in [0, 0.1) is 13.8 Å². The molecule has 1 N–H and O–H groups in total. The highest BCUT2D eigenvalue weighted by Gasteiger charge is 2.07. The Balaban J connectivity index is 1.78. The molecular weight excluding hydrogens is 288 g/mol. The third kappa shape index (κ3) is 3.83. The van der Waals surface area contributed by atoms with Crippen molar-refractivity contribution in [1.29, 1.82) is 0 Å². The fraction of sp³-hybridized carbons (Fsp3) is 0.100. The van der Waals surface area contributed by atoms with E-state index in [4.69, 9.17) is 9.47 Å². The highest BCUT2D eigenvalue weighted by atomic mass is 16.5. The molecule has 3 rings (SSSR count). The zero-order valence-corrected chi connectivity index (χ0v) is 13.1. The van der Waals surface area contributed by atoms with Crippen molar-refractivity contribution in [2.24, 2.45) is 0 Å². The minimum atomic E-state index is 0.0386. The van der Waals surface area contributed by atoms with Crippen LogP contribution in [0.15, 0.2) is 66.7 Å². The molecule has 0 atom stereocenters. The lowest BCUT2D eigenvalue weighted by molar-refractivity contribution is 0.404. The molecule has 0 aliphatic carbocycles. The van der Waals surface area contributed by atoms with Crippen LogP contribution in [-0.4, -0.2) is 5.11 Å². The lowest BCUT2D eigenvalue weighted by Gasteiger charge is -2.11. The van der Waals surface area contributed by atoms with Crippen LogP contribution in [0.1, 0.15) is 11.1 Å². The van der Waals surface area contributed by atoms with Crippen LogP contribution in [0.2, 0.25) is 0 Å². The molecule has 23 heavy (non-hydrogen) atoms. The van der Waals surface area contributed by atoms with Crippen LogP contribution < -0.4 is 9.47 Å².